The summed E-state index contributed by atoms with van der Waals surface area (Å²) in [6, 6.07) is 16.3. The molecule has 0 bridgehead atoms. The van der Waals surface area contributed by atoms with Crippen molar-refractivity contribution in [2.75, 3.05) is 5.75 Å². The van der Waals surface area contributed by atoms with Crippen LogP contribution in [-0.4, -0.2) is 17.1 Å². The summed E-state index contributed by atoms with van der Waals surface area (Å²) in [6.07, 6.45) is 10.9. The lowest BCUT2D eigenvalue weighted by molar-refractivity contribution is -0.134. The van der Waals surface area contributed by atoms with Crippen LogP contribution in [0.25, 0.3) is 11.1 Å². The van der Waals surface area contributed by atoms with Gasteiger partial charge in [0.15, 0.2) is 0 Å². The lowest BCUT2D eigenvalue weighted by Gasteiger charge is -2.12. The van der Waals surface area contributed by atoms with Crippen LogP contribution in [0.5, 0.6) is 5.75 Å². The summed E-state index contributed by atoms with van der Waals surface area (Å²) < 4.78 is 5.37. The Labute approximate surface area is 198 Å². The van der Waals surface area contributed by atoms with Gasteiger partial charge >= 0.3 is 5.97 Å². The quantitative estimate of drug-likeness (QED) is 0.0925. The normalized spacial score (nSPS) is 12.2. The second kappa shape index (κ2) is 14.6. The number of hydrogen-bond acceptors (Lipinski definition) is 3. The molecule has 0 aliphatic carbocycles. The zero-order chi connectivity index (χ0) is 22.5. The van der Waals surface area contributed by atoms with Gasteiger partial charge in [-0.05, 0) is 53.5 Å². The van der Waals surface area contributed by atoms with Crippen molar-refractivity contribution in [3.8, 4) is 16.9 Å². The van der Waals surface area contributed by atoms with Crippen molar-refractivity contribution in [2.24, 2.45) is 5.92 Å². The number of hydrogen-bond donors (Lipinski definition) is 0. The Morgan fingerprint density at radius 2 is 1.35 bits per heavy atom. The monoisotopic (exact) mass is 460 g/mol. The van der Waals surface area contributed by atoms with E-state index in [1.165, 1.54) is 62.0 Å². The Morgan fingerprint density at radius 3 is 1.90 bits per heavy atom. The molecule has 2 aromatic rings. The number of esters is 1. The molecule has 0 fully saturated rings. The maximum absolute atomic E-state index is 12.0. The van der Waals surface area contributed by atoms with E-state index in [0.717, 1.165) is 11.1 Å². The molecule has 0 spiro atoms. The Balaban J connectivity index is 1.73. The SMILES string of the molecule is CCCCCCCCCCSc1ccc(-c2ccc(OC(=O)[C@@H](Cl)C(C)C)cc2)cc1. The Morgan fingerprint density at radius 1 is 0.839 bits per heavy atom. The van der Waals surface area contributed by atoms with Crippen molar-refractivity contribution in [3.63, 3.8) is 0 Å². The molecule has 2 rings (SSSR count). The van der Waals surface area contributed by atoms with E-state index >= 15 is 0 Å². The molecule has 2 aromatic carbocycles. The van der Waals surface area contributed by atoms with Crippen LogP contribution in [0.3, 0.4) is 0 Å². The van der Waals surface area contributed by atoms with E-state index < -0.39 is 11.3 Å². The van der Waals surface area contributed by atoms with E-state index in [-0.39, 0.29) is 5.92 Å². The average Bonchev–Trinajstić information content (AvgIpc) is 2.78. The highest BCUT2D eigenvalue weighted by Gasteiger charge is 2.21. The van der Waals surface area contributed by atoms with E-state index in [4.69, 9.17) is 16.3 Å². The molecule has 0 amide bonds. The first-order valence-corrected chi connectivity index (χ1v) is 13.1. The highest BCUT2D eigenvalue weighted by Crippen LogP contribution is 2.27. The minimum atomic E-state index is -0.629. The van der Waals surface area contributed by atoms with Crippen molar-refractivity contribution < 1.29 is 9.53 Å². The van der Waals surface area contributed by atoms with E-state index in [9.17, 15) is 4.79 Å². The van der Waals surface area contributed by atoms with Gasteiger partial charge in [-0.25, -0.2) is 0 Å². The van der Waals surface area contributed by atoms with E-state index in [2.05, 4.69) is 31.2 Å². The number of carbonyl (C=O) groups is 1. The van der Waals surface area contributed by atoms with Gasteiger partial charge in [0.1, 0.15) is 11.1 Å². The fourth-order valence-corrected chi connectivity index (χ4v) is 4.29. The molecule has 4 heteroatoms. The van der Waals surface area contributed by atoms with Crippen LogP contribution >= 0.6 is 23.4 Å². The van der Waals surface area contributed by atoms with Crippen LogP contribution in [0.2, 0.25) is 0 Å². The van der Waals surface area contributed by atoms with Crippen LogP contribution < -0.4 is 4.74 Å². The van der Waals surface area contributed by atoms with Gasteiger partial charge in [-0.2, -0.15) is 0 Å². The minimum Gasteiger partial charge on any atom is -0.425 e. The second-order valence-electron chi connectivity index (χ2n) is 8.44. The molecule has 170 valence electrons. The number of rotatable bonds is 14. The smallest absolute Gasteiger partial charge is 0.329 e. The van der Waals surface area contributed by atoms with Gasteiger partial charge in [-0.3, -0.25) is 4.79 Å². The predicted molar refractivity (Wildman–Crippen MR) is 135 cm³/mol. The molecule has 0 aliphatic heterocycles. The van der Waals surface area contributed by atoms with Gasteiger partial charge in [0.25, 0.3) is 0 Å². The molecule has 0 aromatic heterocycles. The first kappa shape index (κ1) is 25.8. The number of carbonyl (C=O) groups excluding carboxylic acids is 1. The highest BCUT2D eigenvalue weighted by atomic mass is 35.5. The number of ether oxygens (including phenoxy) is 1. The van der Waals surface area contributed by atoms with Crippen molar-refractivity contribution in [1.82, 2.24) is 0 Å². The van der Waals surface area contributed by atoms with Crippen LogP contribution in [0.15, 0.2) is 53.4 Å². The molecule has 0 saturated carbocycles. The third-order valence-corrected chi connectivity index (χ3v) is 7.12. The van der Waals surface area contributed by atoms with Crippen LogP contribution in [-0.2, 0) is 4.79 Å². The van der Waals surface area contributed by atoms with E-state index in [1.54, 1.807) is 0 Å². The highest BCUT2D eigenvalue weighted by molar-refractivity contribution is 7.99. The summed E-state index contributed by atoms with van der Waals surface area (Å²) in [6.45, 7) is 6.07. The van der Waals surface area contributed by atoms with Crippen molar-refractivity contribution in [2.45, 2.75) is 82.4 Å². The first-order chi connectivity index (χ1) is 15.0. The summed E-state index contributed by atoms with van der Waals surface area (Å²) in [7, 11) is 0. The molecule has 0 N–H and O–H groups in total. The minimum absolute atomic E-state index is 0.0420. The first-order valence-electron chi connectivity index (χ1n) is 11.7. The zero-order valence-electron chi connectivity index (χ0n) is 19.2. The third kappa shape index (κ3) is 9.70. The molecule has 0 unspecified atom stereocenters. The summed E-state index contributed by atoms with van der Waals surface area (Å²) in [4.78, 5) is 13.3. The van der Waals surface area contributed by atoms with Gasteiger partial charge in [0.2, 0.25) is 0 Å². The van der Waals surface area contributed by atoms with E-state index in [1.807, 2.05) is 49.9 Å². The number of benzene rings is 2. The lowest BCUT2D eigenvalue weighted by Crippen LogP contribution is -2.25. The predicted octanol–water partition coefficient (Wildman–Crippen LogP) is 8.76. The number of thioether (sulfide) groups is 1. The molecule has 2 nitrogen and oxygen atoms in total. The molecule has 0 radical (unpaired) electrons. The molecule has 1 atom stereocenters. The fraction of sp³-hybridized carbons (Fsp3) is 0.519. The third-order valence-electron chi connectivity index (χ3n) is 5.34. The number of unbranched alkanes of at least 4 members (excludes halogenated alkanes) is 7. The summed E-state index contributed by atoms with van der Waals surface area (Å²) in [5.74, 6) is 1.35. The molecule has 31 heavy (non-hydrogen) atoms. The van der Waals surface area contributed by atoms with Gasteiger partial charge in [-0.1, -0.05) is 90.0 Å². The molecule has 0 heterocycles. The van der Waals surface area contributed by atoms with Crippen LogP contribution in [0.4, 0.5) is 0 Å². The molecular weight excluding hydrogens is 424 g/mol. The largest absolute Gasteiger partial charge is 0.425 e. The standard InChI is InChI=1S/C27H37ClO2S/c1-4-5-6-7-8-9-10-11-20-31-25-18-14-23(15-19-25)22-12-16-24(17-13-22)30-27(29)26(28)21(2)3/h12-19,21,26H,4-11,20H2,1-3H3/t26-/m0/s1. The van der Waals surface area contributed by atoms with Gasteiger partial charge in [-0.15, -0.1) is 23.4 Å². The van der Waals surface area contributed by atoms with E-state index in [0.29, 0.717) is 5.75 Å². The average molecular weight is 461 g/mol. The maximum Gasteiger partial charge on any atom is 0.329 e. The fourth-order valence-electron chi connectivity index (χ4n) is 3.33. The Kier molecular flexibility index (Phi) is 12.1. The van der Waals surface area contributed by atoms with Gasteiger partial charge < -0.3 is 4.74 Å². The molecule has 0 aliphatic rings. The van der Waals surface area contributed by atoms with Crippen molar-refractivity contribution in [1.29, 1.82) is 0 Å². The van der Waals surface area contributed by atoms with Crippen LogP contribution in [0, 0.1) is 5.92 Å². The number of halogens is 1. The Hall–Kier alpha value is -1.45. The zero-order valence-corrected chi connectivity index (χ0v) is 20.8. The van der Waals surface area contributed by atoms with Gasteiger partial charge in [0.05, 0.1) is 0 Å². The summed E-state index contributed by atoms with van der Waals surface area (Å²) >= 11 is 8.01. The lowest BCUT2D eigenvalue weighted by atomic mass is 10.1. The Bertz CT molecular complexity index is 756. The van der Waals surface area contributed by atoms with Gasteiger partial charge in [0, 0.05) is 4.90 Å². The van der Waals surface area contributed by atoms with Crippen molar-refractivity contribution >= 4 is 29.3 Å². The number of alkyl halides is 1. The van der Waals surface area contributed by atoms with Crippen LogP contribution in [0.1, 0.15) is 72.1 Å². The maximum atomic E-state index is 12.0. The summed E-state index contributed by atoms with van der Waals surface area (Å²) in [5, 5.41) is -0.629. The topological polar surface area (TPSA) is 26.3 Å². The van der Waals surface area contributed by atoms with Crippen molar-refractivity contribution in [3.05, 3.63) is 48.5 Å². The second-order valence-corrected chi connectivity index (χ2v) is 10.1. The molecular formula is C27H37ClO2S. The summed E-state index contributed by atoms with van der Waals surface area (Å²) in [5.41, 5.74) is 2.26. The molecule has 0 saturated heterocycles.